The Balaban J connectivity index is 2.21. The maximum absolute atomic E-state index is 12.2. The average Bonchev–Trinajstić information content (AvgIpc) is 2.43. The molecule has 8 heteroatoms. The maximum atomic E-state index is 12.2. The molecule has 1 saturated carbocycles. The van der Waals surface area contributed by atoms with E-state index in [1.807, 2.05) is 0 Å². The molecular weight excluding hydrogens is 319 g/mol. The van der Waals surface area contributed by atoms with Crippen molar-refractivity contribution in [1.82, 2.24) is 5.32 Å². The van der Waals surface area contributed by atoms with Crippen molar-refractivity contribution in [1.29, 1.82) is 0 Å². The summed E-state index contributed by atoms with van der Waals surface area (Å²) in [6.45, 7) is 0. The number of nitro benzene ring substituents is 1. The van der Waals surface area contributed by atoms with Crippen molar-refractivity contribution in [2.45, 2.75) is 37.8 Å². The van der Waals surface area contributed by atoms with Crippen LogP contribution in [0, 0.1) is 10.1 Å². The summed E-state index contributed by atoms with van der Waals surface area (Å²) in [5.74, 6) is -0.511. The number of aliphatic hydroxyl groups excluding tert-OH is 1. The lowest BCUT2D eigenvalue weighted by Gasteiger charge is -2.28. The van der Waals surface area contributed by atoms with Crippen LogP contribution in [0.2, 0.25) is 10.0 Å². The molecule has 1 aliphatic carbocycles. The molecule has 0 aromatic heterocycles. The van der Waals surface area contributed by atoms with Gasteiger partial charge in [0.25, 0.3) is 11.6 Å². The van der Waals surface area contributed by atoms with Crippen molar-refractivity contribution < 1.29 is 14.8 Å². The second kappa shape index (κ2) is 6.60. The Bertz CT molecular complexity index is 580. The lowest BCUT2D eigenvalue weighted by molar-refractivity contribution is -0.384. The summed E-state index contributed by atoms with van der Waals surface area (Å²) in [5.41, 5.74) is -0.368. The number of carbonyl (C=O) groups excluding carboxylic acids is 1. The molecule has 0 radical (unpaired) electrons. The van der Waals surface area contributed by atoms with Gasteiger partial charge in [0, 0.05) is 11.6 Å². The zero-order chi connectivity index (χ0) is 15.6. The Morgan fingerprint density at radius 3 is 2.62 bits per heavy atom. The highest BCUT2D eigenvalue weighted by molar-refractivity contribution is 6.43. The van der Waals surface area contributed by atoms with E-state index in [9.17, 15) is 20.0 Å². The van der Waals surface area contributed by atoms with E-state index in [1.165, 1.54) is 6.07 Å². The number of rotatable bonds is 3. The van der Waals surface area contributed by atoms with Gasteiger partial charge in [0.15, 0.2) is 0 Å². The summed E-state index contributed by atoms with van der Waals surface area (Å²) in [4.78, 5) is 22.3. The molecule has 1 aromatic rings. The van der Waals surface area contributed by atoms with Gasteiger partial charge in [-0.15, -0.1) is 0 Å². The molecule has 0 bridgehead atoms. The number of benzene rings is 1. The van der Waals surface area contributed by atoms with Gasteiger partial charge in [0.1, 0.15) is 5.02 Å². The van der Waals surface area contributed by atoms with Crippen LogP contribution in [0.1, 0.15) is 36.0 Å². The van der Waals surface area contributed by atoms with Crippen LogP contribution in [0.25, 0.3) is 0 Å². The number of aliphatic hydroxyl groups is 1. The molecule has 1 aromatic carbocycles. The Kier molecular flexibility index (Phi) is 5.03. The first kappa shape index (κ1) is 16.0. The fraction of sp³-hybridized carbons (Fsp3) is 0.462. The van der Waals surface area contributed by atoms with Gasteiger partial charge < -0.3 is 10.4 Å². The Morgan fingerprint density at radius 1 is 1.33 bits per heavy atom. The van der Waals surface area contributed by atoms with Gasteiger partial charge in [0.2, 0.25) is 0 Å². The highest BCUT2D eigenvalue weighted by Gasteiger charge is 2.26. The zero-order valence-corrected chi connectivity index (χ0v) is 12.5. The average molecular weight is 333 g/mol. The first-order valence-corrected chi connectivity index (χ1v) is 7.28. The van der Waals surface area contributed by atoms with E-state index in [0.717, 1.165) is 18.9 Å². The summed E-state index contributed by atoms with van der Waals surface area (Å²) in [6, 6.07) is 2.01. The van der Waals surface area contributed by atoms with Gasteiger partial charge in [-0.3, -0.25) is 14.9 Å². The Morgan fingerprint density at radius 2 is 2.00 bits per heavy atom. The topological polar surface area (TPSA) is 92.5 Å². The molecule has 0 heterocycles. The summed E-state index contributed by atoms with van der Waals surface area (Å²) >= 11 is 11.5. The van der Waals surface area contributed by atoms with E-state index in [-0.39, 0.29) is 21.7 Å². The molecule has 2 atom stereocenters. The summed E-state index contributed by atoms with van der Waals surface area (Å²) in [5, 5.41) is 23.1. The minimum Gasteiger partial charge on any atom is -0.391 e. The molecule has 6 nitrogen and oxygen atoms in total. The predicted molar refractivity (Wildman–Crippen MR) is 78.8 cm³/mol. The Labute approximate surface area is 131 Å². The van der Waals surface area contributed by atoms with E-state index in [0.29, 0.717) is 12.8 Å². The lowest BCUT2D eigenvalue weighted by Crippen LogP contribution is -2.45. The van der Waals surface area contributed by atoms with Crippen molar-refractivity contribution in [3.63, 3.8) is 0 Å². The lowest BCUT2D eigenvalue weighted by atomic mass is 9.92. The van der Waals surface area contributed by atoms with Crippen molar-refractivity contribution in [3.8, 4) is 0 Å². The fourth-order valence-electron chi connectivity index (χ4n) is 2.37. The predicted octanol–water partition coefficient (Wildman–Crippen LogP) is 2.93. The van der Waals surface area contributed by atoms with Crippen molar-refractivity contribution >= 4 is 34.8 Å². The standard InChI is InChI=1S/C13H14Cl2N2O4/c14-8-5-7(6-10(12(8)15)17(20)21)13(19)16-9-3-1-2-4-11(9)18/h5-6,9,11,18H,1-4H2,(H,16,19)/t9-,11-/m1/s1. The van der Waals surface area contributed by atoms with E-state index in [1.54, 1.807) is 0 Å². The maximum Gasteiger partial charge on any atom is 0.290 e. The van der Waals surface area contributed by atoms with E-state index >= 15 is 0 Å². The van der Waals surface area contributed by atoms with Crippen molar-refractivity contribution in [2.24, 2.45) is 0 Å². The van der Waals surface area contributed by atoms with Gasteiger partial charge in [-0.25, -0.2) is 0 Å². The van der Waals surface area contributed by atoms with Gasteiger partial charge in [-0.2, -0.15) is 0 Å². The van der Waals surface area contributed by atoms with Crippen LogP contribution in [0.5, 0.6) is 0 Å². The minimum absolute atomic E-state index is 0.0499. The molecule has 1 amide bonds. The van der Waals surface area contributed by atoms with Crippen LogP contribution in [0.4, 0.5) is 5.69 Å². The summed E-state index contributed by atoms with van der Waals surface area (Å²) in [7, 11) is 0. The van der Waals surface area contributed by atoms with Crippen molar-refractivity contribution in [3.05, 3.63) is 37.9 Å². The Hall–Kier alpha value is -1.37. The van der Waals surface area contributed by atoms with Crippen LogP contribution >= 0.6 is 23.2 Å². The molecule has 0 aliphatic heterocycles. The molecule has 2 rings (SSSR count). The molecule has 114 valence electrons. The van der Waals surface area contributed by atoms with E-state index in [4.69, 9.17) is 23.2 Å². The number of amides is 1. The first-order valence-electron chi connectivity index (χ1n) is 6.52. The number of nitrogens with one attached hydrogen (secondary N) is 1. The highest BCUT2D eigenvalue weighted by Crippen LogP contribution is 2.33. The summed E-state index contributed by atoms with van der Waals surface area (Å²) < 4.78 is 0. The van der Waals surface area contributed by atoms with Gasteiger partial charge in [-0.05, 0) is 18.9 Å². The number of halogens is 2. The molecule has 0 unspecified atom stereocenters. The molecule has 1 aliphatic rings. The smallest absolute Gasteiger partial charge is 0.290 e. The highest BCUT2D eigenvalue weighted by atomic mass is 35.5. The number of hydrogen-bond acceptors (Lipinski definition) is 4. The molecule has 0 spiro atoms. The zero-order valence-electron chi connectivity index (χ0n) is 11.0. The normalized spacial score (nSPS) is 21.9. The number of carbonyl (C=O) groups is 1. The molecule has 21 heavy (non-hydrogen) atoms. The SMILES string of the molecule is O=C(N[C@@H]1CCCC[C@H]1O)c1cc(Cl)c(Cl)c([N+](=O)[O-])c1. The van der Waals surface area contributed by atoms with Crippen molar-refractivity contribution in [2.75, 3.05) is 0 Å². The monoisotopic (exact) mass is 332 g/mol. The van der Waals surface area contributed by atoms with Crippen LogP contribution in [-0.2, 0) is 0 Å². The second-order valence-corrected chi connectivity index (χ2v) is 5.77. The third kappa shape index (κ3) is 3.64. The van der Waals surface area contributed by atoms with Crippen LogP contribution in [0.3, 0.4) is 0 Å². The molecular formula is C13H14Cl2N2O4. The first-order chi connectivity index (χ1) is 9.90. The number of nitrogens with zero attached hydrogens (tertiary/aromatic N) is 1. The van der Waals surface area contributed by atoms with Crippen LogP contribution < -0.4 is 5.32 Å². The minimum atomic E-state index is -0.694. The van der Waals surface area contributed by atoms with E-state index < -0.39 is 22.6 Å². The van der Waals surface area contributed by atoms with Gasteiger partial charge in [-0.1, -0.05) is 36.0 Å². The molecule has 2 N–H and O–H groups in total. The molecule has 1 fully saturated rings. The van der Waals surface area contributed by atoms with Gasteiger partial charge >= 0.3 is 0 Å². The van der Waals surface area contributed by atoms with Gasteiger partial charge in [0.05, 0.1) is 22.1 Å². The largest absolute Gasteiger partial charge is 0.391 e. The quantitative estimate of drug-likeness (QED) is 0.657. The van der Waals surface area contributed by atoms with Crippen LogP contribution in [0.15, 0.2) is 12.1 Å². The summed E-state index contributed by atoms with van der Waals surface area (Å²) in [6.07, 6.45) is 2.55. The number of nitro groups is 1. The third-order valence-corrected chi connectivity index (χ3v) is 4.31. The number of hydrogen-bond donors (Lipinski definition) is 2. The molecule has 0 saturated heterocycles. The van der Waals surface area contributed by atoms with Crippen LogP contribution in [-0.4, -0.2) is 28.1 Å². The van der Waals surface area contributed by atoms with E-state index in [2.05, 4.69) is 5.32 Å². The fourth-order valence-corrected chi connectivity index (χ4v) is 2.76. The second-order valence-electron chi connectivity index (χ2n) is 4.98. The third-order valence-electron chi connectivity index (χ3n) is 3.51.